The number of rotatable bonds is 1. The molecule has 1 aromatic heterocycles. The third kappa shape index (κ3) is 1.25. The summed E-state index contributed by atoms with van der Waals surface area (Å²) < 4.78 is 4.99. The Morgan fingerprint density at radius 3 is 2.94 bits per heavy atom. The highest BCUT2D eigenvalue weighted by molar-refractivity contribution is 5.45. The molecule has 0 amide bonds. The van der Waals surface area contributed by atoms with Gasteiger partial charge in [0.2, 0.25) is 5.88 Å². The number of anilines is 1. The molecule has 3 unspecified atom stereocenters. The molecule has 2 aliphatic carbocycles. The molecular weight excluding hydrogens is 212 g/mol. The molecule has 2 aliphatic rings. The van der Waals surface area contributed by atoms with Gasteiger partial charge in [-0.15, -0.1) is 0 Å². The van der Waals surface area contributed by atoms with Crippen molar-refractivity contribution >= 4 is 5.88 Å². The second-order valence-corrected chi connectivity index (χ2v) is 5.11. The van der Waals surface area contributed by atoms with Gasteiger partial charge in [-0.05, 0) is 35.8 Å². The minimum absolute atomic E-state index is 0.428. The van der Waals surface area contributed by atoms with Gasteiger partial charge in [-0.2, -0.15) is 0 Å². The van der Waals surface area contributed by atoms with E-state index < -0.39 is 0 Å². The van der Waals surface area contributed by atoms with Crippen LogP contribution < -0.4 is 5.73 Å². The third-order valence-electron chi connectivity index (χ3n) is 4.22. The molecule has 0 aliphatic heterocycles. The summed E-state index contributed by atoms with van der Waals surface area (Å²) in [7, 11) is 0. The van der Waals surface area contributed by atoms with Gasteiger partial charge in [-0.1, -0.05) is 29.4 Å². The van der Waals surface area contributed by atoms with Crippen LogP contribution in [-0.4, -0.2) is 5.16 Å². The Morgan fingerprint density at radius 1 is 1.24 bits per heavy atom. The Morgan fingerprint density at radius 2 is 2.12 bits per heavy atom. The Balaban J connectivity index is 1.73. The molecule has 1 fully saturated rings. The molecule has 86 valence electrons. The van der Waals surface area contributed by atoms with E-state index in [1.54, 1.807) is 0 Å². The summed E-state index contributed by atoms with van der Waals surface area (Å²) in [5.74, 6) is 2.34. The highest BCUT2D eigenvalue weighted by Crippen LogP contribution is 2.64. The molecule has 2 N–H and O–H groups in total. The van der Waals surface area contributed by atoms with E-state index in [9.17, 15) is 0 Å². The van der Waals surface area contributed by atoms with Crippen molar-refractivity contribution in [2.45, 2.75) is 24.7 Å². The number of nitrogens with zero attached hydrogens (tertiary/aromatic N) is 1. The van der Waals surface area contributed by atoms with Crippen LogP contribution in [0.5, 0.6) is 0 Å². The van der Waals surface area contributed by atoms with Crippen LogP contribution in [0.25, 0.3) is 0 Å². The van der Waals surface area contributed by atoms with Crippen LogP contribution in [0.1, 0.15) is 35.1 Å². The zero-order valence-electron chi connectivity index (χ0n) is 9.47. The van der Waals surface area contributed by atoms with Gasteiger partial charge in [0.05, 0.1) is 5.69 Å². The highest BCUT2D eigenvalue weighted by Gasteiger charge is 2.55. The van der Waals surface area contributed by atoms with Crippen LogP contribution in [-0.2, 0) is 6.42 Å². The van der Waals surface area contributed by atoms with E-state index in [0.29, 0.717) is 17.7 Å². The van der Waals surface area contributed by atoms with E-state index in [0.717, 1.165) is 11.6 Å². The zero-order chi connectivity index (χ0) is 11.4. The second kappa shape index (κ2) is 3.13. The first-order chi connectivity index (χ1) is 8.34. The Labute approximate surface area is 99.6 Å². The maximum absolute atomic E-state index is 5.60. The van der Waals surface area contributed by atoms with Crippen LogP contribution in [0.4, 0.5) is 5.88 Å². The molecule has 3 nitrogen and oxygen atoms in total. The first kappa shape index (κ1) is 9.28. The fourth-order valence-corrected chi connectivity index (χ4v) is 3.43. The van der Waals surface area contributed by atoms with Crippen LogP contribution in [0.2, 0.25) is 0 Å². The lowest BCUT2D eigenvalue weighted by molar-refractivity contribution is 0.426. The predicted molar refractivity (Wildman–Crippen MR) is 64.7 cm³/mol. The van der Waals surface area contributed by atoms with Gasteiger partial charge in [-0.25, -0.2) is 0 Å². The lowest BCUT2D eigenvalue weighted by atomic mass is 9.92. The largest absolute Gasteiger partial charge is 0.368 e. The molecule has 4 rings (SSSR count). The maximum Gasteiger partial charge on any atom is 0.222 e. The van der Waals surface area contributed by atoms with Gasteiger partial charge in [-0.3, -0.25) is 0 Å². The summed E-state index contributed by atoms with van der Waals surface area (Å²) in [5.41, 5.74) is 9.65. The first-order valence-corrected chi connectivity index (χ1v) is 6.14. The van der Waals surface area contributed by atoms with Gasteiger partial charge < -0.3 is 10.3 Å². The quantitative estimate of drug-likeness (QED) is 0.813. The fourth-order valence-electron chi connectivity index (χ4n) is 3.43. The molecule has 2 aromatic rings. The average Bonchev–Trinajstić information content (AvgIpc) is 2.96. The molecule has 3 atom stereocenters. The van der Waals surface area contributed by atoms with Crippen molar-refractivity contribution in [1.82, 2.24) is 5.16 Å². The number of aryl methyl sites for hydroxylation is 1. The summed E-state index contributed by atoms with van der Waals surface area (Å²) in [6, 6.07) is 10.7. The van der Waals surface area contributed by atoms with Crippen molar-refractivity contribution in [1.29, 1.82) is 0 Å². The summed E-state index contributed by atoms with van der Waals surface area (Å²) in [6.07, 6.45) is 2.46. The average molecular weight is 226 g/mol. The first-order valence-electron chi connectivity index (χ1n) is 6.14. The third-order valence-corrected chi connectivity index (χ3v) is 4.22. The Bertz CT molecular complexity index is 575. The number of aromatic nitrogens is 1. The minimum Gasteiger partial charge on any atom is -0.368 e. The monoisotopic (exact) mass is 226 g/mol. The Hall–Kier alpha value is -1.77. The highest BCUT2D eigenvalue weighted by atomic mass is 16.5. The van der Waals surface area contributed by atoms with Crippen molar-refractivity contribution in [3.63, 3.8) is 0 Å². The standard InChI is InChI=1S/C14H14N2O/c15-12-7-11(16-17-12)14-10-6-5-8-3-1-2-4-9(8)13(10)14/h1-4,7,10,13-14H,5-6,15H2. The molecule has 0 radical (unpaired) electrons. The van der Waals surface area contributed by atoms with E-state index in [1.807, 2.05) is 6.07 Å². The summed E-state index contributed by atoms with van der Waals surface area (Å²) in [6.45, 7) is 0. The van der Waals surface area contributed by atoms with E-state index in [-0.39, 0.29) is 0 Å². The van der Waals surface area contributed by atoms with Crippen molar-refractivity contribution in [3.05, 3.63) is 47.2 Å². The summed E-state index contributed by atoms with van der Waals surface area (Å²) in [4.78, 5) is 0. The van der Waals surface area contributed by atoms with Crippen molar-refractivity contribution < 1.29 is 4.52 Å². The molecule has 0 spiro atoms. The molecule has 0 bridgehead atoms. The zero-order valence-corrected chi connectivity index (χ0v) is 9.47. The normalized spacial score (nSPS) is 29.5. The second-order valence-electron chi connectivity index (χ2n) is 5.11. The van der Waals surface area contributed by atoms with E-state index in [2.05, 4.69) is 29.4 Å². The van der Waals surface area contributed by atoms with Gasteiger partial charge in [0.1, 0.15) is 0 Å². The van der Waals surface area contributed by atoms with Crippen LogP contribution in [0.3, 0.4) is 0 Å². The van der Waals surface area contributed by atoms with Crippen LogP contribution >= 0.6 is 0 Å². The number of nitrogens with two attached hydrogens (primary N) is 1. The van der Waals surface area contributed by atoms with E-state index in [1.165, 1.54) is 24.0 Å². The van der Waals surface area contributed by atoms with Gasteiger partial charge in [0.15, 0.2) is 0 Å². The topological polar surface area (TPSA) is 52.0 Å². The van der Waals surface area contributed by atoms with Crippen LogP contribution in [0.15, 0.2) is 34.9 Å². The van der Waals surface area contributed by atoms with Crippen LogP contribution in [0, 0.1) is 5.92 Å². The molecular formula is C14H14N2O. The SMILES string of the molecule is Nc1cc(C2C3CCc4ccccc4C32)no1. The molecule has 1 aromatic carbocycles. The Kier molecular flexibility index (Phi) is 1.71. The van der Waals surface area contributed by atoms with Gasteiger partial charge in [0.25, 0.3) is 0 Å². The van der Waals surface area contributed by atoms with E-state index >= 15 is 0 Å². The summed E-state index contributed by atoms with van der Waals surface area (Å²) in [5, 5.41) is 4.07. The van der Waals surface area contributed by atoms with Crippen molar-refractivity contribution in [2.75, 3.05) is 5.73 Å². The fraction of sp³-hybridized carbons (Fsp3) is 0.357. The van der Waals surface area contributed by atoms with Gasteiger partial charge >= 0.3 is 0 Å². The molecule has 1 heterocycles. The molecule has 17 heavy (non-hydrogen) atoms. The number of benzene rings is 1. The lowest BCUT2D eigenvalue weighted by Crippen LogP contribution is -2.00. The maximum atomic E-state index is 5.60. The smallest absolute Gasteiger partial charge is 0.222 e. The summed E-state index contributed by atoms with van der Waals surface area (Å²) >= 11 is 0. The molecule has 0 saturated heterocycles. The molecule has 3 heteroatoms. The van der Waals surface area contributed by atoms with Crippen molar-refractivity contribution in [3.8, 4) is 0 Å². The van der Waals surface area contributed by atoms with Crippen molar-refractivity contribution in [2.24, 2.45) is 5.92 Å². The van der Waals surface area contributed by atoms with Gasteiger partial charge in [0, 0.05) is 12.0 Å². The minimum atomic E-state index is 0.428. The lowest BCUT2D eigenvalue weighted by Gasteiger charge is -2.13. The van der Waals surface area contributed by atoms with E-state index in [4.69, 9.17) is 10.3 Å². The number of hydrogen-bond acceptors (Lipinski definition) is 3. The number of hydrogen-bond donors (Lipinski definition) is 1. The number of fused-ring (bicyclic) bond motifs is 3. The molecule has 1 saturated carbocycles. The predicted octanol–water partition coefficient (Wildman–Crippen LogP) is 2.70. The number of nitrogen functional groups attached to an aromatic ring is 1.